The van der Waals surface area contributed by atoms with Gasteiger partial charge in [0.25, 0.3) is 0 Å². The van der Waals surface area contributed by atoms with Gasteiger partial charge in [-0.25, -0.2) is 0 Å². The summed E-state index contributed by atoms with van der Waals surface area (Å²) in [6.45, 7) is 0. The Bertz CT molecular complexity index is 898. The summed E-state index contributed by atoms with van der Waals surface area (Å²) in [5, 5.41) is 5.70. The lowest BCUT2D eigenvalue weighted by molar-refractivity contribution is -0.111. The van der Waals surface area contributed by atoms with Crippen molar-refractivity contribution in [3.05, 3.63) is 82.3 Å². The Morgan fingerprint density at radius 2 is 1.65 bits per heavy atom. The van der Waals surface area contributed by atoms with E-state index >= 15 is 0 Å². The van der Waals surface area contributed by atoms with E-state index in [4.69, 9.17) is 23.2 Å². The van der Waals surface area contributed by atoms with Gasteiger partial charge in [-0.05, 0) is 34.5 Å². The molecule has 0 aliphatic carbocycles. The van der Waals surface area contributed by atoms with Crippen LogP contribution in [0.3, 0.4) is 0 Å². The number of carbonyl (C=O) groups excluding carboxylic acids is 1. The highest BCUT2D eigenvalue weighted by atomic mass is 35.5. The monoisotopic (exact) mass is 341 g/mol. The van der Waals surface area contributed by atoms with Crippen molar-refractivity contribution in [3.8, 4) is 0 Å². The number of hydrogen-bond acceptors (Lipinski definition) is 1. The Morgan fingerprint density at radius 3 is 2.52 bits per heavy atom. The first-order valence-electron chi connectivity index (χ1n) is 7.06. The number of carbonyl (C=O) groups is 1. The molecular formula is C19H13Cl2NO. The highest BCUT2D eigenvalue weighted by Crippen LogP contribution is 2.29. The maximum absolute atomic E-state index is 12.1. The summed E-state index contributed by atoms with van der Waals surface area (Å²) < 4.78 is 0. The molecule has 0 aliphatic rings. The number of benzene rings is 3. The fourth-order valence-corrected chi connectivity index (χ4v) is 2.68. The molecule has 0 saturated heterocycles. The van der Waals surface area contributed by atoms with Crippen LogP contribution in [0.15, 0.2) is 66.7 Å². The van der Waals surface area contributed by atoms with Crippen molar-refractivity contribution in [2.24, 2.45) is 0 Å². The molecule has 0 aromatic heterocycles. The summed E-state index contributed by atoms with van der Waals surface area (Å²) in [6, 6.07) is 19.1. The number of rotatable bonds is 3. The van der Waals surface area contributed by atoms with E-state index in [9.17, 15) is 4.79 Å². The molecule has 0 fully saturated rings. The van der Waals surface area contributed by atoms with E-state index < -0.39 is 0 Å². The van der Waals surface area contributed by atoms with Gasteiger partial charge in [-0.3, -0.25) is 4.79 Å². The summed E-state index contributed by atoms with van der Waals surface area (Å²) in [6.07, 6.45) is 3.27. The molecule has 0 spiro atoms. The zero-order valence-corrected chi connectivity index (χ0v) is 13.6. The Balaban J connectivity index is 1.82. The molecule has 1 amide bonds. The molecule has 0 unspecified atom stereocenters. The van der Waals surface area contributed by atoms with E-state index in [2.05, 4.69) is 5.32 Å². The molecule has 4 heteroatoms. The normalized spacial score (nSPS) is 11.0. The zero-order chi connectivity index (χ0) is 16.2. The van der Waals surface area contributed by atoms with Crippen molar-refractivity contribution in [1.29, 1.82) is 0 Å². The average molecular weight is 342 g/mol. The molecule has 0 radical (unpaired) electrons. The van der Waals surface area contributed by atoms with Crippen LogP contribution in [-0.4, -0.2) is 5.91 Å². The first-order valence-corrected chi connectivity index (χ1v) is 7.81. The predicted molar refractivity (Wildman–Crippen MR) is 98.1 cm³/mol. The Morgan fingerprint density at radius 1 is 0.913 bits per heavy atom. The molecule has 0 heterocycles. The van der Waals surface area contributed by atoms with Gasteiger partial charge in [-0.2, -0.15) is 0 Å². The van der Waals surface area contributed by atoms with Crippen LogP contribution in [0.1, 0.15) is 5.56 Å². The summed E-state index contributed by atoms with van der Waals surface area (Å²) in [7, 11) is 0. The van der Waals surface area contributed by atoms with Gasteiger partial charge in [0.2, 0.25) is 5.91 Å². The Labute approximate surface area is 144 Å². The lowest BCUT2D eigenvalue weighted by Crippen LogP contribution is -2.08. The third-order valence-electron chi connectivity index (χ3n) is 3.45. The van der Waals surface area contributed by atoms with E-state index in [0.717, 1.165) is 16.3 Å². The van der Waals surface area contributed by atoms with Crippen molar-refractivity contribution in [1.82, 2.24) is 0 Å². The van der Waals surface area contributed by atoms with Gasteiger partial charge in [-0.1, -0.05) is 71.7 Å². The molecule has 0 bridgehead atoms. The highest BCUT2D eigenvalue weighted by Gasteiger charge is 2.06. The Hall–Kier alpha value is -2.29. The van der Waals surface area contributed by atoms with Crippen LogP contribution in [0.5, 0.6) is 0 Å². The first kappa shape index (κ1) is 15.6. The van der Waals surface area contributed by atoms with Gasteiger partial charge in [0, 0.05) is 6.08 Å². The number of halogens is 2. The third kappa shape index (κ3) is 3.55. The SMILES string of the molecule is O=C(/C=C\c1cccc2ccccc12)Nc1cccc(Cl)c1Cl. The number of anilines is 1. The number of fused-ring (bicyclic) bond motifs is 1. The van der Waals surface area contributed by atoms with Crippen LogP contribution < -0.4 is 5.32 Å². The maximum Gasteiger partial charge on any atom is 0.248 e. The minimum atomic E-state index is -0.262. The van der Waals surface area contributed by atoms with Crippen molar-refractivity contribution < 1.29 is 4.79 Å². The fourth-order valence-electron chi connectivity index (χ4n) is 2.34. The van der Waals surface area contributed by atoms with Crippen molar-refractivity contribution in [3.63, 3.8) is 0 Å². The largest absolute Gasteiger partial charge is 0.321 e. The fraction of sp³-hybridized carbons (Fsp3) is 0. The topological polar surface area (TPSA) is 29.1 Å². The molecule has 3 aromatic carbocycles. The van der Waals surface area contributed by atoms with Crippen molar-refractivity contribution in [2.75, 3.05) is 5.32 Å². The molecule has 23 heavy (non-hydrogen) atoms. The van der Waals surface area contributed by atoms with E-state index in [1.165, 1.54) is 6.08 Å². The van der Waals surface area contributed by atoms with Crippen molar-refractivity contribution in [2.45, 2.75) is 0 Å². The summed E-state index contributed by atoms with van der Waals surface area (Å²) >= 11 is 12.0. The molecule has 1 N–H and O–H groups in total. The van der Waals surface area contributed by atoms with Gasteiger partial charge in [-0.15, -0.1) is 0 Å². The van der Waals surface area contributed by atoms with E-state index in [-0.39, 0.29) is 5.91 Å². The quantitative estimate of drug-likeness (QED) is 0.599. The predicted octanol–water partition coefficient (Wildman–Crippen LogP) is 5.80. The van der Waals surface area contributed by atoms with Gasteiger partial charge in [0.1, 0.15) is 0 Å². The van der Waals surface area contributed by atoms with Gasteiger partial charge in [0.15, 0.2) is 0 Å². The molecule has 2 nitrogen and oxygen atoms in total. The minimum absolute atomic E-state index is 0.262. The summed E-state index contributed by atoms with van der Waals surface area (Å²) in [5.74, 6) is -0.262. The van der Waals surface area contributed by atoms with E-state index in [1.54, 1.807) is 24.3 Å². The molecule has 0 aliphatic heterocycles. The molecule has 3 rings (SSSR count). The van der Waals surface area contributed by atoms with Gasteiger partial charge < -0.3 is 5.32 Å². The van der Waals surface area contributed by atoms with Crippen LogP contribution in [0.25, 0.3) is 16.8 Å². The van der Waals surface area contributed by atoms with Crippen LogP contribution in [0.2, 0.25) is 10.0 Å². The second-order valence-corrected chi connectivity index (χ2v) is 5.78. The Kier molecular flexibility index (Phi) is 4.65. The van der Waals surface area contributed by atoms with Gasteiger partial charge >= 0.3 is 0 Å². The summed E-state index contributed by atoms with van der Waals surface area (Å²) in [5.41, 5.74) is 1.47. The number of nitrogens with one attached hydrogen (secondary N) is 1. The second-order valence-electron chi connectivity index (χ2n) is 4.99. The molecule has 114 valence electrons. The van der Waals surface area contributed by atoms with Crippen LogP contribution in [-0.2, 0) is 4.79 Å². The molecular weight excluding hydrogens is 329 g/mol. The standard InChI is InChI=1S/C19H13Cl2NO/c20-16-9-4-10-17(19(16)21)22-18(23)12-11-14-7-3-6-13-5-1-2-8-15(13)14/h1-12H,(H,22,23)/b12-11-. The summed E-state index contributed by atoms with van der Waals surface area (Å²) in [4.78, 5) is 12.1. The van der Waals surface area contributed by atoms with Crippen LogP contribution >= 0.6 is 23.2 Å². The maximum atomic E-state index is 12.1. The molecule has 0 saturated carbocycles. The third-order valence-corrected chi connectivity index (χ3v) is 4.27. The lowest BCUT2D eigenvalue weighted by Gasteiger charge is -2.06. The smallest absolute Gasteiger partial charge is 0.248 e. The van der Waals surface area contributed by atoms with Crippen molar-refractivity contribution >= 4 is 51.6 Å². The van der Waals surface area contributed by atoms with Gasteiger partial charge in [0.05, 0.1) is 15.7 Å². The highest BCUT2D eigenvalue weighted by molar-refractivity contribution is 6.44. The van der Waals surface area contributed by atoms with Crippen LogP contribution in [0.4, 0.5) is 5.69 Å². The lowest BCUT2D eigenvalue weighted by atomic mass is 10.0. The molecule has 3 aromatic rings. The minimum Gasteiger partial charge on any atom is -0.321 e. The second kappa shape index (κ2) is 6.86. The zero-order valence-electron chi connectivity index (χ0n) is 12.1. The average Bonchev–Trinajstić information content (AvgIpc) is 2.57. The number of amides is 1. The molecule has 0 atom stereocenters. The van der Waals surface area contributed by atoms with E-state index in [0.29, 0.717) is 15.7 Å². The van der Waals surface area contributed by atoms with E-state index in [1.807, 2.05) is 42.5 Å². The first-order chi connectivity index (χ1) is 11.1. The number of hydrogen-bond donors (Lipinski definition) is 1. The van der Waals surface area contributed by atoms with Crippen LogP contribution in [0, 0.1) is 0 Å².